The molecule has 3 rings (SSSR count). The maximum Gasteiger partial charge on any atom is 0.0886 e. The zero-order chi connectivity index (χ0) is 13.9. The summed E-state index contributed by atoms with van der Waals surface area (Å²) >= 11 is 0. The third kappa shape index (κ3) is 2.58. The number of nitrogens with zero attached hydrogens (tertiary/aromatic N) is 2. The fourth-order valence-electron chi connectivity index (χ4n) is 3.51. The van der Waals surface area contributed by atoms with Gasteiger partial charge in [0.1, 0.15) is 0 Å². The van der Waals surface area contributed by atoms with Gasteiger partial charge in [0.25, 0.3) is 0 Å². The van der Waals surface area contributed by atoms with Crippen LogP contribution in [0.25, 0.3) is 10.9 Å². The van der Waals surface area contributed by atoms with E-state index in [1.807, 2.05) is 11.7 Å². The van der Waals surface area contributed by atoms with Gasteiger partial charge in [-0.05, 0) is 18.4 Å². The second-order valence-corrected chi connectivity index (χ2v) is 5.98. The van der Waals surface area contributed by atoms with E-state index in [2.05, 4.69) is 29.7 Å². The van der Waals surface area contributed by atoms with Gasteiger partial charge < -0.3 is 0 Å². The van der Waals surface area contributed by atoms with Crippen LogP contribution < -0.4 is 11.3 Å². The highest BCUT2D eigenvalue weighted by Gasteiger charge is 2.23. The summed E-state index contributed by atoms with van der Waals surface area (Å²) in [5.41, 5.74) is 5.26. The molecule has 0 aliphatic heterocycles. The normalized spacial score (nSPS) is 18.5. The minimum atomic E-state index is 0.157. The van der Waals surface area contributed by atoms with Crippen molar-refractivity contribution >= 4 is 10.9 Å². The highest BCUT2D eigenvalue weighted by Crippen LogP contribution is 2.33. The van der Waals surface area contributed by atoms with Gasteiger partial charge >= 0.3 is 0 Å². The minimum Gasteiger partial charge on any atom is -0.271 e. The number of rotatable bonds is 4. The van der Waals surface area contributed by atoms with E-state index in [1.165, 1.54) is 43.0 Å². The predicted octanol–water partition coefficient (Wildman–Crippen LogP) is 3.05. The lowest BCUT2D eigenvalue weighted by atomic mass is 9.84. The van der Waals surface area contributed by atoms with Crippen LogP contribution in [-0.2, 0) is 7.05 Å². The molecule has 1 aliphatic rings. The lowest BCUT2D eigenvalue weighted by Crippen LogP contribution is -2.30. The number of aryl methyl sites for hydroxylation is 1. The van der Waals surface area contributed by atoms with E-state index >= 15 is 0 Å². The van der Waals surface area contributed by atoms with Crippen molar-refractivity contribution < 1.29 is 0 Å². The van der Waals surface area contributed by atoms with Crippen LogP contribution in [0, 0.1) is 5.92 Å². The van der Waals surface area contributed by atoms with Gasteiger partial charge in [-0.2, -0.15) is 5.10 Å². The van der Waals surface area contributed by atoms with Crippen molar-refractivity contribution in [3.05, 3.63) is 30.0 Å². The van der Waals surface area contributed by atoms with Crippen LogP contribution >= 0.6 is 0 Å². The van der Waals surface area contributed by atoms with E-state index in [-0.39, 0.29) is 6.04 Å². The molecule has 0 saturated heterocycles. The zero-order valence-electron chi connectivity index (χ0n) is 12.2. The average Bonchev–Trinajstić information content (AvgIpc) is 2.84. The summed E-state index contributed by atoms with van der Waals surface area (Å²) in [7, 11) is 2.00. The Kier molecular flexibility index (Phi) is 4.03. The Bertz CT molecular complexity index is 569. The highest BCUT2D eigenvalue weighted by molar-refractivity contribution is 5.82. The molecule has 1 aromatic carbocycles. The van der Waals surface area contributed by atoms with Gasteiger partial charge in [0.05, 0.1) is 17.3 Å². The van der Waals surface area contributed by atoms with Gasteiger partial charge in [-0.15, -0.1) is 0 Å². The Hall–Kier alpha value is -1.39. The van der Waals surface area contributed by atoms with Gasteiger partial charge in [0.2, 0.25) is 0 Å². The second kappa shape index (κ2) is 5.94. The third-order valence-electron chi connectivity index (χ3n) is 4.61. The number of hydrogen-bond acceptors (Lipinski definition) is 3. The highest BCUT2D eigenvalue weighted by atomic mass is 15.3. The quantitative estimate of drug-likeness (QED) is 0.664. The van der Waals surface area contributed by atoms with Crippen LogP contribution in [0.5, 0.6) is 0 Å². The van der Waals surface area contributed by atoms with Crippen LogP contribution in [0.3, 0.4) is 0 Å². The smallest absolute Gasteiger partial charge is 0.0886 e. The molecule has 1 aliphatic carbocycles. The summed E-state index contributed by atoms with van der Waals surface area (Å²) in [5, 5.41) is 5.92. The summed E-state index contributed by atoms with van der Waals surface area (Å²) < 4.78 is 1.95. The first-order chi connectivity index (χ1) is 9.79. The lowest BCUT2D eigenvalue weighted by molar-refractivity contribution is 0.299. The van der Waals surface area contributed by atoms with Crippen LogP contribution in [0.2, 0.25) is 0 Å². The van der Waals surface area contributed by atoms with E-state index < -0.39 is 0 Å². The van der Waals surface area contributed by atoms with Gasteiger partial charge in [0.15, 0.2) is 0 Å². The summed E-state index contributed by atoms with van der Waals surface area (Å²) in [6, 6.07) is 8.54. The topological polar surface area (TPSA) is 55.9 Å². The maximum absolute atomic E-state index is 5.82. The van der Waals surface area contributed by atoms with Crippen molar-refractivity contribution in [2.75, 3.05) is 0 Å². The summed E-state index contributed by atoms with van der Waals surface area (Å²) in [6.07, 6.45) is 7.89. The number of nitrogens with two attached hydrogens (primary N) is 1. The van der Waals surface area contributed by atoms with Gasteiger partial charge in [0, 0.05) is 12.4 Å². The number of benzene rings is 1. The molecular weight excluding hydrogens is 248 g/mol. The average molecular weight is 272 g/mol. The molecule has 1 aromatic heterocycles. The van der Waals surface area contributed by atoms with Crippen LogP contribution in [0.15, 0.2) is 24.3 Å². The molecule has 1 unspecified atom stereocenters. The van der Waals surface area contributed by atoms with E-state index in [4.69, 9.17) is 10.9 Å². The molecule has 1 atom stereocenters. The van der Waals surface area contributed by atoms with E-state index in [0.29, 0.717) is 0 Å². The lowest BCUT2D eigenvalue weighted by Gasteiger charge is -2.25. The van der Waals surface area contributed by atoms with Crippen LogP contribution in [0.1, 0.15) is 50.3 Å². The fraction of sp³-hybridized carbons (Fsp3) is 0.562. The molecule has 0 spiro atoms. The molecule has 0 amide bonds. The van der Waals surface area contributed by atoms with Crippen molar-refractivity contribution in [3.8, 4) is 0 Å². The molecule has 20 heavy (non-hydrogen) atoms. The molecule has 1 saturated carbocycles. The van der Waals surface area contributed by atoms with Gasteiger partial charge in [-0.3, -0.25) is 16.0 Å². The Labute approximate surface area is 120 Å². The van der Waals surface area contributed by atoms with Crippen molar-refractivity contribution in [1.29, 1.82) is 0 Å². The molecule has 0 radical (unpaired) electrons. The monoisotopic (exact) mass is 272 g/mol. The third-order valence-corrected chi connectivity index (χ3v) is 4.61. The number of hydrazine groups is 1. The molecular formula is C16H24N4. The number of para-hydroxylation sites is 1. The Morgan fingerprint density at radius 2 is 2.05 bits per heavy atom. The predicted molar refractivity (Wildman–Crippen MR) is 82.0 cm³/mol. The summed E-state index contributed by atoms with van der Waals surface area (Å²) in [5.74, 6) is 6.61. The van der Waals surface area contributed by atoms with Gasteiger partial charge in [-0.25, -0.2) is 0 Å². The van der Waals surface area contributed by atoms with E-state index in [9.17, 15) is 0 Å². The van der Waals surface area contributed by atoms with Crippen molar-refractivity contribution in [2.24, 2.45) is 18.8 Å². The SMILES string of the molecule is Cn1nc(C(CC2CCCCC2)NN)c2ccccc21. The van der Waals surface area contributed by atoms with E-state index in [1.54, 1.807) is 0 Å². The standard InChI is InChI=1S/C16H24N4/c1-20-15-10-6-5-9-13(15)16(19-20)14(18-17)11-12-7-3-2-4-8-12/h5-6,9-10,12,14,18H,2-4,7-8,11,17H2,1H3. The number of hydrogen-bond donors (Lipinski definition) is 2. The first kappa shape index (κ1) is 13.6. The molecule has 2 aromatic rings. The van der Waals surface area contributed by atoms with E-state index in [0.717, 1.165) is 18.0 Å². The van der Waals surface area contributed by atoms with Crippen LogP contribution in [0.4, 0.5) is 0 Å². The molecule has 4 heteroatoms. The number of aromatic nitrogens is 2. The fourth-order valence-corrected chi connectivity index (χ4v) is 3.51. The number of nitrogens with one attached hydrogen (secondary N) is 1. The molecule has 3 N–H and O–H groups in total. The Morgan fingerprint density at radius 1 is 1.30 bits per heavy atom. The largest absolute Gasteiger partial charge is 0.271 e. The van der Waals surface area contributed by atoms with Crippen LogP contribution in [-0.4, -0.2) is 9.78 Å². The Balaban J connectivity index is 1.87. The summed E-state index contributed by atoms with van der Waals surface area (Å²) in [6.45, 7) is 0. The van der Waals surface area contributed by atoms with Crippen molar-refractivity contribution in [3.63, 3.8) is 0 Å². The summed E-state index contributed by atoms with van der Waals surface area (Å²) in [4.78, 5) is 0. The minimum absolute atomic E-state index is 0.157. The molecule has 1 heterocycles. The Morgan fingerprint density at radius 3 is 2.80 bits per heavy atom. The van der Waals surface area contributed by atoms with Crippen molar-refractivity contribution in [2.45, 2.75) is 44.6 Å². The first-order valence-electron chi connectivity index (χ1n) is 7.67. The molecule has 0 bridgehead atoms. The first-order valence-corrected chi connectivity index (χ1v) is 7.67. The van der Waals surface area contributed by atoms with Crippen molar-refractivity contribution in [1.82, 2.24) is 15.2 Å². The van der Waals surface area contributed by atoms with Gasteiger partial charge in [-0.1, -0.05) is 50.3 Å². The molecule has 108 valence electrons. The second-order valence-electron chi connectivity index (χ2n) is 5.98. The molecule has 4 nitrogen and oxygen atoms in total. The zero-order valence-corrected chi connectivity index (χ0v) is 12.2. The molecule has 1 fully saturated rings. The number of fused-ring (bicyclic) bond motifs is 1. The maximum atomic E-state index is 5.82.